The molecule has 1 saturated heterocycles. The molecule has 0 spiro atoms. The van der Waals surface area contributed by atoms with E-state index in [0.29, 0.717) is 25.7 Å². The maximum absolute atomic E-state index is 13.0. The maximum Gasteiger partial charge on any atom is 0.338 e. The minimum Gasteiger partial charge on any atom is -0.469 e. The number of rotatable bonds is 11. The lowest BCUT2D eigenvalue weighted by molar-refractivity contribution is -0.285. The zero-order valence-electron chi connectivity index (χ0n) is 21.3. The van der Waals surface area contributed by atoms with Crippen LogP contribution >= 0.6 is 0 Å². The average Bonchev–Trinajstić information content (AvgIpc) is 2.93. The second-order valence-electron chi connectivity index (χ2n) is 9.08. The van der Waals surface area contributed by atoms with Crippen molar-refractivity contribution in [2.24, 2.45) is 5.11 Å². The van der Waals surface area contributed by atoms with Crippen LogP contribution in [0.4, 0.5) is 0 Å². The van der Waals surface area contributed by atoms with Crippen LogP contribution in [-0.4, -0.2) is 60.3 Å². The van der Waals surface area contributed by atoms with Crippen LogP contribution in [0.2, 0.25) is 0 Å². The normalized spacial score (nSPS) is 24.5. The predicted molar refractivity (Wildman–Crippen MR) is 135 cm³/mol. The maximum atomic E-state index is 13.0. The third-order valence-corrected chi connectivity index (χ3v) is 6.39. The van der Waals surface area contributed by atoms with Crippen molar-refractivity contribution in [3.63, 3.8) is 0 Å². The second kappa shape index (κ2) is 13.6. The van der Waals surface area contributed by atoms with Gasteiger partial charge in [-0.15, -0.1) is 0 Å². The molecule has 202 valence electrons. The van der Waals surface area contributed by atoms with Gasteiger partial charge in [0.15, 0.2) is 18.5 Å². The number of ether oxygens (including phenoxy) is 4. The van der Waals surface area contributed by atoms with Crippen LogP contribution < -0.4 is 0 Å². The Morgan fingerprint density at radius 1 is 0.947 bits per heavy atom. The van der Waals surface area contributed by atoms with E-state index in [1.165, 1.54) is 19.2 Å². The van der Waals surface area contributed by atoms with Crippen LogP contribution in [0, 0.1) is 0 Å². The fourth-order valence-electron chi connectivity index (χ4n) is 4.37. The summed E-state index contributed by atoms with van der Waals surface area (Å²) in [7, 11) is 1.32. The van der Waals surface area contributed by atoms with Gasteiger partial charge in [-0.2, -0.15) is 0 Å². The molecule has 1 fully saturated rings. The molecule has 38 heavy (non-hydrogen) atoms. The van der Waals surface area contributed by atoms with Gasteiger partial charge in [-0.25, -0.2) is 9.59 Å². The van der Waals surface area contributed by atoms with Gasteiger partial charge in [-0.3, -0.25) is 4.79 Å². The monoisotopic (exact) mass is 525 g/mol. The molecule has 1 aliphatic rings. The topological polar surface area (TPSA) is 157 Å². The third kappa shape index (κ3) is 7.32. The SMILES string of the molecule is COC(=O)CCCCC[C@]1(C)O[C@H](O)[C@@H](OC(=O)c2ccccc2)[C@@H](OC(=O)c2ccccc2)[C@@H]1N=[N+]=[N-]. The molecule has 2 aromatic carbocycles. The first kappa shape index (κ1) is 28.6. The molecule has 2 aromatic rings. The van der Waals surface area contributed by atoms with Gasteiger partial charge in [0, 0.05) is 11.3 Å². The van der Waals surface area contributed by atoms with E-state index in [2.05, 4.69) is 14.8 Å². The smallest absolute Gasteiger partial charge is 0.338 e. The number of azide groups is 1. The van der Waals surface area contributed by atoms with Crippen LogP contribution in [0.5, 0.6) is 0 Å². The molecule has 0 saturated carbocycles. The number of carbonyl (C=O) groups excluding carboxylic acids is 3. The van der Waals surface area contributed by atoms with Gasteiger partial charge in [-0.05, 0) is 49.6 Å². The van der Waals surface area contributed by atoms with Crippen LogP contribution in [0.15, 0.2) is 65.8 Å². The lowest BCUT2D eigenvalue weighted by Gasteiger charge is -2.48. The first-order chi connectivity index (χ1) is 18.3. The molecular formula is C27H31N3O8. The molecule has 0 amide bonds. The Labute approximate surface area is 220 Å². The number of nitrogens with zero attached hydrogens (tertiary/aromatic N) is 3. The molecule has 11 nitrogen and oxygen atoms in total. The van der Waals surface area contributed by atoms with Crippen LogP contribution in [0.25, 0.3) is 10.4 Å². The highest BCUT2D eigenvalue weighted by atomic mass is 16.7. The predicted octanol–water partition coefficient (Wildman–Crippen LogP) is 4.35. The Morgan fingerprint density at radius 3 is 2.03 bits per heavy atom. The molecule has 11 heteroatoms. The molecular weight excluding hydrogens is 494 g/mol. The standard InChI is InChI=1S/C27H31N3O8/c1-27(17-11-5-10-16-20(31)35-2)23(29-30-28)21(36-24(32)18-12-6-3-7-13-18)22(26(34)38-27)37-25(33)19-14-8-4-9-15-19/h3-4,6-9,12-15,21-23,26,34H,5,10-11,16-17H2,1-2H3/t21-,22+,23+,26+,27+/m1/s1. The fourth-order valence-corrected chi connectivity index (χ4v) is 4.37. The van der Waals surface area contributed by atoms with E-state index < -0.39 is 42.1 Å². The molecule has 1 N–H and O–H groups in total. The van der Waals surface area contributed by atoms with Crippen molar-refractivity contribution in [3.8, 4) is 0 Å². The molecule has 1 aliphatic heterocycles. The zero-order chi connectivity index (χ0) is 27.5. The van der Waals surface area contributed by atoms with Crippen molar-refractivity contribution in [1.82, 2.24) is 0 Å². The fraction of sp³-hybridized carbons (Fsp3) is 0.444. The molecule has 0 aliphatic carbocycles. The molecule has 0 unspecified atom stereocenters. The van der Waals surface area contributed by atoms with Crippen LogP contribution in [0.3, 0.4) is 0 Å². The molecule has 0 bridgehead atoms. The van der Waals surface area contributed by atoms with Gasteiger partial charge in [0.25, 0.3) is 0 Å². The van der Waals surface area contributed by atoms with Gasteiger partial charge in [0.1, 0.15) is 6.04 Å². The van der Waals surface area contributed by atoms with Crippen LogP contribution in [0.1, 0.15) is 59.7 Å². The van der Waals surface area contributed by atoms with Crippen molar-refractivity contribution in [3.05, 3.63) is 82.2 Å². The minimum absolute atomic E-state index is 0.215. The summed E-state index contributed by atoms with van der Waals surface area (Å²) >= 11 is 0. The van der Waals surface area contributed by atoms with Crippen molar-refractivity contribution < 1.29 is 38.4 Å². The number of aliphatic hydroxyl groups excluding tert-OH is 1. The summed E-state index contributed by atoms with van der Waals surface area (Å²) in [5.41, 5.74) is 8.54. The first-order valence-corrected chi connectivity index (χ1v) is 12.3. The highest BCUT2D eigenvalue weighted by Crippen LogP contribution is 2.38. The lowest BCUT2D eigenvalue weighted by Crippen LogP contribution is -2.64. The number of unbranched alkanes of at least 4 members (excludes halogenated alkanes) is 2. The summed E-state index contributed by atoms with van der Waals surface area (Å²) in [6.07, 6.45) is -2.20. The minimum atomic E-state index is -1.68. The van der Waals surface area contributed by atoms with Crippen molar-refractivity contribution >= 4 is 17.9 Å². The number of methoxy groups -OCH3 is 1. The summed E-state index contributed by atoms with van der Waals surface area (Å²) in [5, 5.41) is 14.8. The van der Waals surface area contributed by atoms with E-state index in [1.807, 2.05) is 0 Å². The van der Waals surface area contributed by atoms with Gasteiger partial charge in [-0.1, -0.05) is 54.4 Å². The highest BCUT2D eigenvalue weighted by molar-refractivity contribution is 5.90. The summed E-state index contributed by atoms with van der Waals surface area (Å²) < 4.78 is 21.8. The van der Waals surface area contributed by atoms with Crippen molar-refractivity contribution in [2.75, 3.05) is 7.11 Å². The molecule has 3 rings (SSSR count). The van der Waals surface area contributed by atoms with E-state index in [9.17, 15) is 25.0 Å². The van der Waals surface area contributed by atoms with E-state index in [-0.39, 0.29) is 23.5 Å². The summed E-state index contributed by atoms with van der Waals surface area (Å²) in [6, 6.07) is 15.1. The van der Waals surface area contributed by atoms with Gasteiger partial charge in [0.05, 0.1) is 23.8 Å². The van der Waals surface area contributed by atoms with E-state index in [0.717, 1.165) is 0 Å². The van der Waals surface area contributed by atoms with Gasteiger partial charge < -0.3 is 24.1 Å². The lowest BCUT2D eigenvalue weighted by atomic mass is 9.82. The molecule has 0 aromatic heterocycles. The van der Waals surface area contributed by atoms with E-state index in [4.69, 9.17) is 14.2 Å². The number of hydrogen-bond donors (Lipinski definition) is 1. The third-order valence-electron chi connectivity index (χ3n) is 6.39. The number of hydrogen-bond acceptors (Lipinski definition) is 9. The van der Waals surface area contributed by atoms with Crippen molar-refractivity contribution in [1.29, 1.82) is 0 Å². The summed E-state index contributed by atoms with van der Waals surface area (Å²) in [4.78, 5) is 40.2. The Morgan fingerprint density at radius 2 is 1.50 bits per heavy atom. The Hall–Kier alpha value is -3.92. The number of carbonyl (C=O) groups is 3. The first-order valence-electron chi connectivity index (χ1n) is 12.3. The molecule has 5 atom stereocenters. The Balaban J connectivity index is 1.87. The zero-order valence-corrected chi connectivity index (χ0v) is 21.3. The quantitative estimate of drug-likeness (QED) is 0.113. The summed E-state index contributed by atoms with van der Waals surface area (Å²) in [5.74, 6) is -1.84. The average molecular weight is 526 g/mol. The largest absolute Gasteiger partial charge is 0.469 e. The highest BCUT2D eigenvalue weighted by Gasteiger charge is 2.55. The Kier molecular flexibility index (Phi) is 10.2. The van der Waals surface area contributed by atoms with Crippen molar-refractivity contribution in [2.45, 2.75) is 69.2 Å². The second-order valence-corrected chi connectivity index (χ2v) is 9.08. The molecule has 0 radical (unpaired) electrons. The number of benzene rings is 2. The van der Waals surface area contributed by atoms with E-state index in [1.54, 1.807) is 55.5 Å². The van der Waals surface area contributed by atoms with Gasteiger partial charge >= 0.3 is 17.9 Å². The van der Waals surface area contributed by atoms with Gasteiger partial charge in [0.2, 0.25) is 0 Å². The van der Waals surface area contributed by atoms with Crippen LogP contribution in [-0.2, 0) is 23.7 Å². The summed E-state index contributed by atoms with van der Waals surface area (Å²) in [6.45, 7) is 1.63. The number of aliphatic hydroxyl groups is 1. The molecule has 1 heterocycles. The van der Waals surface area contributed by atoms with E-state index >= 15 is 0 Å². The number of esters is 3. The Bertz CT molecular complexity index is 1140.